The van der Waals surface area contributed by atoms with Crippen molar-refractivity contribution in [2.24, 2.45) is 11.3 Å². The first-order chi connectivity index (χ1) is 6.63. The second-order valence-corrected chi connectivity index (χ2v) is 4.32. The largest absolute Gasteiger partial charge is 0.354 e. The van der Waals surface area contributed by atoms with Crippen molar-refractivity contribution in [3.63, 3.8) is 0 Å². The highest BCUT2D eigenvalue weighted by atomic mass is 16.1. The van der Waals surface area contributed by atoms with Crippen LogP contribution in [0.3, 0.4) is 0 Å². The quantitative estimate of drug-likeness (QED) is 0.726. The molecule has 0 heterocycles. The van der Waals surface area contributed by atoms with Crippen molar-refractivity contribution >= 4 is 5.91 Å². The number of carbonyl (C=O) groups excluding carboxylic acids is 1. The van der Waals surface area contributed by atoms with Gasteiger partial charge in [-0.3, -0.25) is 4.79 Å². The Morgan fingerprint density at radius 2 is 2.29 bits per heavy atom. The molecule has 1 aliphatic carbocycles. The lowest BCUT2D eigenvalue weighted by atomic mass is 10.0. The molecule has 1 atom stereocenters. The van der Waals surface area contributed by atoms with Crippen molar-refractivity contribution < 1.29 is 4.79 Å². The average molecular weight is 194 g/mol. The highest BCUT2D eigenvalue weighted by Crippen LogP contribution is 2.48. The maximum atomic E-state index is 11.3. The van der Waals surface area contributed by atoms with Gasteiger partial charge in [0.25, 0.3) is 0 Å². The van der Waals surface area contributed by atoms with Gasteiger partial charge in [-0.05, 0) is 31.6 Å². The number of hydrogen-bond donors (Lipinski definition) is 1. The van der Waals surface area contributed by atoms with Crippen LogP contribution in [0.2, 0.25) is 0 Å². The Bertz CT molecular complexity index is 251. The molecule has 14 heavy (non-hydrogen) atoms. The van der Waals surface area contributed by atoms with Crippen molar-refractivity contribution in [2.45, 2.75) is 39.5 Å². The second kappa shape index (κ2) is 4.45. The van der Waals surface area contributed by atoms with E-state index in [0.717, 1.165) is 6.54 Å². The Morgan fingerprint density at radius 1 is 1.64 bits per heavy atom. The minimum Gasteiger partial charge on any atom is -0.354 e. The van der Waals surface area contributed by atoms with Crippen LogP contribution in [0.5, 0.6) is 0 Å². The minimum absolute atomic E-state index is 0.130. The molecule has 0 aromatic carbocycles. The fourth-order valence-electron chi connectivity index (χ4n) is 1.71. The molecule has 3 nitrogen and oxygen atoms in total. The molecule has 1 amide bonds. The highest BCUT2D eigenvalue weighted by molar-refractivity contribution is 5.80. The van der Waals surface area contributed by atoms with Gasteiger partial charge in [-0.25, -0.2) is 0 Å². The zero-order valence-electron chi connectivity index (χ0n) is 8.97. The van der Waals surface area contributed by atoms with E-state index in [1.807, 2.05) is 6.07 Å². The number of hydrogen-bond acceptors (Lipinski definition) is 2. The summed E-state index contributed by atoms with van der Waals surface area (Å²) in [7, 11) is 0. The molecule has 1 N–H and O–H groups in total. The zero-order valence-corrected chi connectivity index (χ0v) is 8.97. The second-order valence-electron chi connectivity index (χ2n) is 4.32. The summed E-state index contributed by atoms with van der Waals surface area (Å²) in [6.45, 7) is 4.56. The van der Waals surface area contributed by atoms with E-state index in [-0.39, 0.29) is 5.91 Å². The summed E-state index contributed by atoms with van der Waals surface area (Å²) >= 11 is 0. The third kappa shape index (κ3) is 2.73. The topological polar surface area (TPSA) is 52.9 Å². The van der Waals surface area contributed by atoms with Gasteiger partial charge in [-0.2, -0.15) is 5.26 Å². The van der Waals surface area contributed by atoms with Crippen molar-refractivity contribution in [2.75, 3.05) is 6.54 Å². The molecule has 0 bridgehead atoms. The maximum Gasteiger partial charge on any atom is 0.237 e. The predicted octanol–water partition coefficient (Wildman–Crippen LogP) is 1.84. The fraction of sp³-hybridized carbons (Fsp3) is 0.818. The number of amides is 1. The van der Waals surface area contributed by atoms with E-state index in [1.54, 1.807) is 6.92 Å². The molecule has 0 spiro atoms. The van der Waals surface area contributed by atoms with E-state index < -0.39 is 5.92 Å². The molecule has 1 rings (SSSR count). The van der Waals surface area contributed by atoms with Crippen LogP contribution in [-0.4, -0.2) is 12.5 Å². The van der Waals surface area contributed by atoms with Gasteiger partial charge in [0, 0.05) is 6.54 Å². The van der Waals surface area contributed by atoms with Gasteiger partial charge in [0.1, 0.15) is 5.92 Å². The van der Waals surface area contributed by atoms with E-state index in [1.165, 1.54) is 25.7 Å². The van der Waals surface area contributed by atoms with Crippen LogP contribution in [0.1, 0.15) is 39.5 Å². The summed E-state index contributed by atoms with van der Waals surface area (Å²) in [5, 5.41) is 11.4. The minimum atomic E-state index is -0.521. The Balaban J connectivity index is 2.27. The Hall–Kier alpha value is -1.04. The van der Waals surface area contributed by atoms with Crippen LogP contribution in [0.4, 0.5) is 0 Å². The fourth-order valence-corrected chi connectivity index (χ4v) is 1.71. The number of carbonyl (C=O) groups is 1. The standard InChI is InChI=1S/C11H18N2O/c1-3-4-11(5-6-11)8-13-10(14)9(2)7-12/h9H,3-6,8H2,1-2H3,(H,13,14). The zero-order chi connectivity index (χ0) is 10.6. The average Bonchev–Trinajstić information content (AvgIpc) is 2.94. The molecule has 1 unspecified atom stereocenters. The first kappa shape index (κ1) is 11.0. The van der Waals surface area contributed by atoms with Gasteiger partial charge in [0.2, 0.25) is 5.91 Å². The van der Waals surface area contributed by atoms with Crippen LogP contribution in [-0.2, 0) is 4.79 Å². The Kier molecular flexibility index (Phi) is 3.51. The lowest BCUT2D eigenvalue weighted by Crippen LogP contribution is -2.33. The molecule has 1 aliphatic rings. The summed E-state index contributed by atoms with van der Waals surface area (Å²) in [5.74, 6) is -0.651. The summed E-state index contributed by atoms with van der Waals surface area (Å²) in [5.41, 5.74) is 0.375. The third-order valence-electron chi connectivity index (χ3n) is 2.96. The van der Waals surface area contributed by atoms with E-state index >= 15 is 0 Å². The molecule has 1 fully saturated rings. The molecule has 0 aromatic heterocycles. The normalized spacial score (nSPS) is 19.5. The lowest BCUT2D eigenvalue weighted by Gasteiger charge is -2.15. The van der Waals surface area contributed by atoms with Crippen molar-refractivity contribution in [3.05, 3.63) is 0 Å². The first-order valence-electron chi connectivity index (χ1n) is 5.31. The Morgan fingerprint density at radius 3 is 2.71 bits per heavy atom. The van der Waals surface area contributed by atoms with Gasteiger partial charge in [0.15, 0.2) is 0 Å². The Labute approximate surface area is 85.5 Å². The van der Waals surface area contributed by atoms with E-state index in [2.05, 4.69) is 12.2 Å². The van der Waals surface area contributed by atoms with Gasteiger partial charge in [-0.1, -0.05) is 13.3 Å². The molecule has 0 saturated heterocycles. The third-order valence-corrected chi connectivity index (χ3v) is 2.96. The predicted molar refractivity (Wildman–Crippen MR) is 54.4 cm³/mol. The number of nitrogens with one attached hydrogen (secondary N) is 1. The van der Waals surface area contributed by atoms with Gasteiger partial charge in [0.05, 0.1) is 6.07 Å². The van der Waals surface area contributed by atoms with Crippen LogP contribution in [0.25, 0.3) is 0 Å². The van der Waals surface area contributed by atoms with Gasteiger partial charge >= 0.3 is 0 Å². The van der Waals surface area contributed by atoms with E-state index in [9.17, 15) is 4.79 Å². The van der Waals surface area contributed by atoms with E-state index in [4.69, 9.17) is 5.26 Å². The van der Waals surface area contributed by atoms with Crippen LogP contribution in [0.15, 0.2) is 0 Å². The van der Waals surface area contributed by atoms with E-state index in [0.29, 0.717) is 5.41 Å². The molecule has 0 aliphatic heterocycles. The summed E-state index contributed by atoms with van der Waals surface area (Å²) < 4.78 is 0. The van der Waals surface area contributed by atoms with Gasteiger partial charge in [-0.15, -0.1) is 0 Å². The number of rotatable bonds is 5. The summed E-state index contributed by atoms with van der Waals surface area (Å²) in [6, 6.07) is 1.94. The first-order valence-corrected chi connectivity index (χ1v) is 5.31. The molecule has 78 valence electrons. The van der Waals surface area contributed by atoms with Crippen molar-refractivity contribution in [3.8, 4) is 6.07 Å². The maximum absolute atomic E-state index is 11.3. The molecule has 3 heteroatoms. The molecule has 1 saturated carbocycles. The molecular formula is C11H18N2O. The monoisotopic (exact) mass is 194 g/mol. The van der Waals surface area contributed by atoms with Crippen LogP contribution in [0, 0.1) is 22.7 Å². The molecule has 0 aromatic rings. The summed E-state index contributed by atoms with van der Waals surface area (Å²) in [4.78, 5) is 11.3. The van der Waals surface area contributed by atoms with Gasteiger partial charge < -0.3 is 5.32 Å². The molecule has 0 radical (unpaired) electrons. The van der Waals surface area contributed by atoms with Crippen LogP contribution < -0.4 is 5.32 Å². The smallest absolute Gasteiger partial charge is 0.237 e. The SMILES string of the molecule is CCCC1(CNC(=O)C(C)C#N)CC1. The highest BCUT2D eigenvalue weighted by Gasteiger charge is 2.41. The van der Waals surface area contributed by atoms with Crippen LogP contribution >= 0.6 is 0 Å². The number of nitriles is 1. The summed E-state index contributed by atoms with van der Waals surface area (Å²) in [6.07, 6.45) is 4.81. The lowest BCUT2D eigenvalue weighted by molar-refractivity contribution is -0.123. The molecular weight excluding hydrogens is 176 g/mol. The van der Waals surface area contributed by atoms with Crippen molar-refractivity contribution in [1.82, 2.24) is 5.32 Å². The number of nitrogens with zero attached hydrogens (tertiary/aromatic N) is 1. The van der Waals surface area contributed by atoms with Crippen molar-refractivity contribution in [1.29, 1.82) is 5.26 Å².